The van der Waals surface area contributed by atoms with Crippen LogP contribution in [-0.4, -0.2) is 119 Å². The number of hydrogen-bond donors (Lipinski definition) is 8. The van der Waals surface area contributed by atoms with E-state index in [-0.39, 0.29) is 62.0 Å². The lowest BCUT2D eigenvalue weighted by Gasteiger charge is -2.33. The molecule has 0 spiro atoms. The van der Waals surface area contributed by atoms with Gasteiger partial charge in [-0.05, 0) is 141 Å². The van der Waals surface area contributed by atoms with Gasteiger partial charge in [-0.15, -0.1) is 5.10 Å². The first-order valence-corrected chi connectivity index (χ1v) is 26.9. The van der Waals surface area contributed by atoms with Crippen LogP contribution in [0.5, 0.6) is 0 Å². The van der Waals surface area contributed by atoms with E-state index in [1.54, 1.807) is 45.0 Å². The first-order valence-electron chi connectivity index (χ1n) is 26.9. The van der Waals surface area contributed by atoms with Gasteiger partial charge in [-0.3, -0.25) is 19.2 Å². The highest BCUT2D eigenvalue weighted by molar-refractivity contribution is 5.98. The summed E-state index contributed by atoms with van der Waals surface area (Å²) in [4.78, 5) is 88.6. The summed E-state index contributed by atoms with van der Waals surface area (Å²) in [7, 11) is 1.46. The zero-order chi connectivity index (χ0) is 56.6. The number of nitrogens with two attached hydrogens (primary N) is 2. The number of amides is 7. The van der Waals surface area contributed by atoms with Crippen molar-refractivity contribution >= 4 is 47.4 Å². The van der Waals surface area contributed by atoms with Crippen molar-refractivity contribution in [2.75, 3.05) is 38.7 Å². The van der Waals surface area contributed by atoms with E-state index in [1.165, 1.54) is 7.05 Å². The number of nitrogens with zero attached hydrogens (tertiary/aromatic N) is 3. The van der Waals surface area contributed by atoms with Gasteiger partial charge < -0.3 is 62.3 Å². The molecule has 1 saturated carbocycles. The van der Waals surface area contributed by atoms with Crippen LogP contribution in [0.15, 0.2) is 24.3 Å². The van der Waals surface area contributed by atoms with E-state index < -0.39 is 64.5 Å². The molecule has 5 unspecified atom stereocenters. The second-order valence-electron chi connectivity index (χ2n) is 23.2. The standard InChI is InChI=1S/C54H89N11O11/c1-33(2)43(66)23-25-52(7,8)75-29-27-54(11,56)62-50(72)74-31-39-37-19-21-40-42(22-20-38(37)39)65(64-63-40)51(5,6)32-76-53(9,10)26-24-44(67)61-45(34(3)4)47(69)60-41(14-13-28-58-48(55)70)46(68)59-36-17-15-35(16-18-36)30-73-49(71)57-12/h15-18,33-34,37-39,41,45H,13-14,19-32,56H2,1-12H3,(H,57,71)(H,59,68)(H,60,69)(H,61,67)(H,62,72)(H3,55,58,70)/t37?,38?,39?,41-,45?,54?/m0/s1. The van der Waals surface area contributed by atoms with Crippen LogP contribution in [0.4, 0.5) is 20.1 Å². The number of Topliss-reactive ketones (excluding diaryl/α,β-unsaturated/α-hetero) is 1. The average Bonchev–Trinajstić information content (AvgIpc) is 3.82. The second-order valence-corrected chi connectivity index (χ2v) is 23.2. The minimum absolute atomic E-state index is 0.0120. The number of hydrogen-bond acceptors (Lipinski definition) is 14. The zero-order valence-electron chi connectivity index (χ0n) is 47.2. The van der Waals surface area contributed by atoms with Gasteiger partial charge in [-0.25, -0.2) is 19.1 Å². The summed E-state index contributed by atoms with van der Waals surface area (Å²) in [5.74, 6) is -0.490. The lowest BCUT2D eigenvalue weighted by Crippen LogP contribution is -2.54. The topological polar surface area (TPSA) is 311 Å². The third-order valence-corrected chi connectivity index (χ3v) is 14.3. The van der Waals surface area contributed by atoms with Crippen LogP contribution in [0, 0.1) is 29.6 Å². The molecule has 22 heteroatoms. The Morgan fingerprint density at radius 1 is 0.803 bits per heavy atom. The molecule has 426 valence electrons. The molecule has 1 aromatic carbocycles. The molecule has 0 bridgehead atoms. The number of carbonyl (C=O) groups excluding carboxylic acids is 7. The summed E-state index contributed by atoms with van der Waals surface area (Å²) >= 11 is 0. The summed E-state index contributed by atoms with van der Waals surface area (Å²) in [6, 6.07) is 3.97. The quantitative estimate of drug-likeness (QED) is 0.0355. The summed E-state index contributed by atoms with van der Waals surface area (Å²) < 4.78 is 25.3. The molecule has 76 heavy (non-hydrogen) atoms. The number of ether oxygens (including phenoxy) is 4. The molecular formula is C54H89N11O11. The summed E-state index contributed by atoms with van der Waals surface area (Å²) in [6.07, 6.45) is 4.48. The van der Waals surface area contributed by atoms with Crippen LogP contribution in [-0.2, 0) is 63.1 Å². The van der Waals surface area contributed by atoms with Crippen molar-refractivity contribution in [3.63, 3.8) is 0 Å². The van der Waals surface area contributed by atoms with E-state index in [4.69, 9.17) is 30.4 Å². The van der Waals surface area contributed by atoms with E-state index >= 15 is 0 Å². The number of rotatable bonds is 30. The molecule has 10 N–H and O–H groups in total. The Labute approximate surface area is 449 Å². The van der Waals surface area contributed by atoms with Gasteiger partial charge in [0.05, 0.1) is 53.6 Å². The van der Waals surface area contributed by atoms with Crippen molar-refractivity contribution in [3.8, 4) is 0 Å². The summed E-state index contributed by atoms with van der Waals surface area (Å²) in [6.45, 7) is 22.0. The maximum Gasteiger partial charge on any atom is 0.408 e. The Morgan fingerprint density at radius 3 is 2.08 bits per heavy atom. The van der Waals surface area contributed by atoms with Crippen molar-refractivity contribution in [1.82, 2.24) is 41.6 Å². The van der Waals surface area contributed by atoms with E-state index in [1.807, 2.05) is 60.1 Å². The number of urea groups is 1. The molecule has 0 saturated heterocycles. The molecule has 7 amide bonds. The smallest absolute Gasteiger partial charge is 0.408 e. The van der Waals surface area contributed by atoms with Gasteiger partial charge >= 0.3 is 18.2 Å². The maximum absolute atomic E-state index is 13.8. The highest BCUT2D eigenvalue weighted by Crippen LogP contribution is 2.53. The Hall–Kier alpha value is -5.87. The van der Waals surface area contributed by atoms with Gasteiger partial charge in [0.1, 0.15) is 24.5 Å². The molecule has 4 rings (SSSR count). The predicted octanol–water partition coefficient (Wildman–Crippen LogP) is 5.49. The molecule has 0 radical (unpaired) electrons. The molecule has 2 aliphatic rings. The van der Waals surface area contributed by atoms with Crippen LogP contribution in [0.1, 0.15) is 151 Å². The Balaban J connectivity index is 1.24. The van der Waals surface area contributed by atoms with Crippen molar-refractivity contribution in [2.24, 2.45) is 41.1 Å². The average molecular weight is 1070 g/mol. The largest absolute Gasteiger partial charge is 0.449 e. The van der Waals surface area contributed by atoms with Gasteiger partial charge in [-0.1, -0.05) is 45.0 Å². The molecule has 1 heterocycles. The third-order valence-electron chi connectivity index (χ3n) is 14.3. The fourth-order valence-corrected chi connectivity index (χ4v) is 9.21. The molecule has 1 aromatic heterocycles. The lowest BCUT2D eigenvalue weighted by molar-refractivity contribution is -0.132. The van der Waals surface area contributed by atoms with E-state index in [0.717, 1.165) is 37.1 Å². The van der Waals surface area contributed by atoms with Gasteiger partial charge in [0.15, 0.2) is 0 Å². The van der Waals surface area contributed by atoms with Gasteiger partial charge in [0.25, 0.3) is 0 Å². The predicted molar refractivity (Wildman–Crippen MR) is 286 cm³/mol. The Bertz CT molecular complexity index is 2280. The number of alkyl carbamates (subject to hydrolysis) is 2. The normalized spacial score (nSPS) is 18.1. The highest BCUT2D eigenvalue weighted by Gasteiger charge is 2.51. The maximum atomic E-state index is 13.8. The van der Waals surface area contributed by atoms with Crippen LogP contribution in [0.3, 0.4) is 0 Å². The number of primary amides is 1. The number of nitrogens with one attached hydrogen (secondary N) is 6. The molecule has 22 nitrogen and oxygen atoms in total. The van der Waals surface area contributed by atoms with Gasteiger partial charge in [0, 0.05) is 44.5 Å². The number of aromatic nitrogens is 3. The third kappa shape index (κ3) is 20.6. The molecule has 2 aliphatic carbocycles. The molecule has 0 aliphatic heterocycles. The number of benzene rings is 1. The van der Waals surface area contributed by atoms with Crippen LogP contribution in [0.25, 0.3) is 0 Å². The van der Waals surface area contributed by atoms with Crippen LogP contribution >= 0.6 is 0 Å². The minimum Gasteiger partial charge on any atom is -0.449 e. The van der Waals surface area contributed by atoms with Crippen molar-refractivity contribution in [1.29, 1.82) is 0 Å². The van der Waals surface area contributed by atoms with Gasteiger partial charge in [-0.2, -0.15) is 0 Å². The van der Waals surface area contributed by atoms with Crippen molar-refractivity contribution in [3.05, 3.63) is 41.2 Å². The van der Waals surface area contributed by atoms with E-state index in [0.29, 0.717) is 68.4 Å². The number of carbonyl (C=O) groups is 7. The molecule has 2 aromatic rings. The highest BCUT2D eigenvalue weighted by atomic mass is 16.6. The van der Waals surface area contributed by atoms with Crippen LogP contribution < -0.4 is 43.4 Å². The monoisotopic (exact) mass is 1070 g/mol. The lowest BCUT2D eigenvalue weighted by atomic mass is 9.96. The summed E-state index contributed by atoms with van der Waals surface area (Å²) in [5, 5.41) is 25.4. The first-order chi connectivity index (χ1) is 35.5. The fraction of sp³-hybridized carbons (Fsp3) is 0.722. The van der Waals surface area contributed by atoms with E-state index in [9.17, 15) is 33.6 Å². The Morgan fingerprint density at radius 2 is 1.45 bits per heavy atom. The number of anilines is 1. The SMILES string of the molecule is CNC(=O)OCc1ccc(NC(=O)[C@H](CCCNC(N)=O)NC(=O)C(NC(=O)CCC(C)(C)OCC(C)(C)n2nnc3c2CCC2C(CC3)C2COC(=O)NC(C)(N)CCOC(C)(C)CCC(=O)C(C)C)C(C)C)cc1. The second kappa shape index (κ2) is 28.0. The fourth-order valence-electron chi connectivity index (χ4n) is 9.21. The van der Waals surface area contributed by atoms with Gasteiger partial charge in [0.2, 0.25) is 17.7 Å². The van der Waals surface area contributed by atoms with Crippen molar-refractivity contribution in [2.45, 2.75) is 188 Å². The van der Waals surface area contributed by atoms with Crippen LogP contribution in [0.2, 0.25) is 0 Å². The number of aryl methyl sites for hydroxylation is 1. The minimum atomic E-state index is -1.04. The molecular weight excluding hydrogens is 979 g/mol. The number of ketones is 1. The van der Waals surface area contributed by atoms with Crippen molar-refractivity contribution < 1.29 is 52.5 Å². The molecule has 1 fully saturated rings. The first kappa shape index (κ1) is 62.7. The number of fused-ring (bicyclic) bond motifs is 2. The zero-order valence-corrected chi connectivity index (χ0v) is 47.2. The summed E-state index contributed by atoms with van der Waals surface area (Å²) in [5.41, 5.74) is 11.9. The Kier molecular flexibility index (Phi) is 23.1. The molecule has 6 atom stereocenters. The van der Waals surface area contributed by atoms with E-state index in [2.05, 4.69) is 42.2 Å².